The highest BCUT2D eigenvalue weighted by Gasteiger charge is 2.30. The molecule has 6 aromatic carbocycles. The molecule has 1 aliphatic rings. The molecule has 278 valence electrons. The van der Waals surface area contributed by atoms with Gasteiger partial charge < -0.3 is 14.5 Å². The Morgan fingerprint density at radius 2 is 1.20 bits per heavy atom. The van der Waals surface area contributed by atoms with Crippen molar-refractivity contribution in [2.75, 3.05) is 16.5 Å². The number of ether oxygens (including phenoxy) is 1. The summed E-state index contributed by atoms with van der Waals surface area (Å²) in [6.07, 6.45) is 1.92. The van der Waals surface area contributed by atoms with Crippen LogP contribution in [0, 0.1) is 6.92 Å². The third kappa shape index (κ3) is 6.27. The van der Waals surface area contributed by atoms with Crippen LogP contribution in [-0.2, 0) is 10.8 Å². The number of hydrogen-bond acceptors (Lipinski definition) is 4. The first-order valence-corrected chi connectivity index (χ1v) is 19.6. The first kappa shape index (κ1) is 35.4. The maximum absolute atomic E-state index is 6.70. The Kier molecular flexibility index (Phi) is 8.50. The van der Waals surface area contributed by atoms with E-state index < -0.39 is 0 Å². The lowest BCUT2D eigenvalue weighted by molar-refractivity contribution is 0.483. The molecule has 0 atom stereocenters. The molecule has 1 aliphatic heterocycles. The molecule has 0 fully saturated rings. The lowest BCUT2D eigenvalue weighted by Crippen LogP contribution is -2.24. The van der Waals surface area contributed by atoms with E-state index in [0.29, 0.717) is 6.67 Å². The summed E-state index contributed by atoms with van der Waals surface area (Å²) in [5.74, 6) is 2.46. The molecule has 56 heavy (non-hydrogen) atoms. The number of rotatable bonds is 6. The van der Waals surface area contributed by atoms with E-state index in [-0.39, 0.29) is 10.8 Å². The highest BCUT2D eigenvalue weighted by molar-refractivity contribution is 6.09. The number of pyridine rings is 1. The number of benzene rings is 6. The van der Waals surface area contributed by atoms with Gasteiger partial charge >= 0.3 is 0 Å². The molecule has 2 aromatic heterocycles. The third-order valence-corrected chi connectivity index (χ3v) is 11.2. The molecular weight excluding hydrogens is 685 g/mol. The van der Waals surface area contributed by atoms with Gasteiger partial charge in [0, 0.05) is 40.4 Å². The van der Waals surface area contributed by atoms with Gasteiger partial charge in [0.05, 0.1) is 28.1 Å². The van der Waals surface area contributed by atoms with Crippen molar-refractivity contribution in [3.8, 4) is 28.4 Å². The van der Waals surface area contributed by atoms with Crippen molar-refractivity contribution in [2.45, 2.75) is 59.3 Å². The van der Waals surface area contributed by atoms with Crippen LogP contribution in [0.5, 0.6) is 11.5 Å². The van der Waals surface area contributed by atoms with Crippen molar-refractivity contribution in [3.05, 3.63) is 168 Å². The molecule has 8 aromatic rings. The minimum absolute atomic E-state index is 0.00329. The van der Waals surface area contributed by atoms with Gasteiger partial charge in [-0.3, -0.25) is 4.57 Å². The van der Waals surface area contributed by atoms with E-state index in [1.54, 1.807) is 0 Å². The molecule has 0 amide bonds. The maximum atomic E-state index is 6.70. The molecule has 0 unspecified atom stereocenters. The molecule has 5 heteroatoms. The van der Waals surface area contributed by atoms with Crippen LogP contribution in [0.2, 0.25) is 0 Å². The Balaban J connectivity index is 1.06. The molecule has 9 rings (SSSR count). The predicted molar refractivity (Wildman–Crippen MR) is 235 cm³/mol. The van der Waals surface area contributed by atoms with Gasteiger partial charge in [0.2, 0.25) is 0 Å². The van der Waals surface area contributed by atoms with E-state index in [1.807, 2.05) is 12.3 Å². The Labute approximate surface area is 330 Å². The molecule has 0 radical (unpaired) electrons. The second kappa shape index (κ2) is 13.5. The zero-order chi connectivity index (χ0) is 38.8. The summed E-state index contributed by atoms with van der Waals surface area (Å²) in [5.41, 5.74) is 13.2. The van der Waals surface area contributed by atoms with Gasteiger partial charge in [0.1, 0.15) is 24.0 Å². The van der Waals surface area contributed by atoms with Crippen LogP contribution in [0.15, 0.2) is 152 Å². The summed E-state index contributed by atoms with van der Waals surface area (Å²) in [7, 11) is 0. The second-order valence-corrected chi connectivity index (χ2v) is 17.1. The van der Waals surface area contributed by atoms with Gasteiger partial charge in [-0.1, -0.05) is 114 Å². The van der Waals surface area contributed by atoms with Crippen LogP contribution >= 0.6 is 0 Å². The Bertz CT molecular complexity index is 2750. The fraction of sp³-hybridized carbons (Fsp3) is 0.196. The Morgan fingerprint density at radius 3 is 1.96 bits per heavy atom. The van der Waals surface area contributed by atoms with Crippen molar-refractivity contribution >= 4 is 44.6 Å². The molecule has 0 saturated heterocycles. The van der Waals surface area contributed by atoms with Crippen molar-refractivity contribution in [3.63, 3.8) is 0 Å². The van der Waals surface area contributed by atoms with Gasteiger partial charge in [-0.05, 0) is 101 Å². The van der Waals surface area contributed by atoms with Gasteiger partial charge in [-0.2, -0.15) is 0 Å². The highest BCUT2D eigenvalue weighted by Crippen LogP contribution is 2.48. The van der Waals surface area contributed by atoms with E-state index in [4.69, 9.17) is 9.72 Å². The quantitative estimate of drug-likeness (QED) is 0.170. The summed E-state index contributed by atoms with van der Waals surface area (Å²) in [6, 6.07) is 52.2. The van der Waals surface area contributed by atoms with Gasteiger partial charge in [0.15, 0.2) is 0 Å². The molecule has 3 heterocycles. The summed E-state index contributed by atoms with van der Waals surface area (Å²) >= 11 is 0. The number of aromatic nitrogens is 2. The van der Waals surface area contributed by atoms with Crippen LogP contribution in [0.1, 0.15) is 58.2 Å². The smallest absolute Gasteiger partial charge is 0.137 e. The van der Waals surface area contributed by atoms with Crippen molar-refractivity contribution in [2.24, 2.45) is 0 Å². The Hall–Kier alpha value is -6.33. The molecule has 5 nitrogen and oxygen atoms in total. The van der Waals surface area contributed by atoms with Gasteiger partial charge in [-0.25, -0.2) is 4.98 Å². The van der Waals surface area contributed by atoms with E-state index in [9.17, 15) is 0 Å². The normalized spacial score (nSPS) is 13.1. The lowest BCUT2D eigenvalue weighted by atomic mass is 9.86. The first-order valence-electron chi connectivity index (χ1n) is 19.6. The molecular formula is C51H48N4O. The third-order valence-electron chi connectivity index (χ3n) is 11.2. The minimum atomic E-state index is 0.00329. The Morgan fingerprint density at radius 1 is 0.536 bits per heavy atom. The maximum Gasteiger partial charge on any atom is 0.137 e. The summed E-state index contributed by atoms with van der Waals surface area (Å²) in [6.45, 7) is 16.4. The average molecular weight is 733 g/mol. The summed E-state index contributed by atoms with van der Waals surface area (Å²) in [4.78, 5) is 9.69. The fourth-order valence-electron chi connectivity index (χ4n) is 8.15. The molecule has 0 aliphatic carbocycles. The summed E-state index contributed by atoms with van der Waals surface area (Å²) in [5, 5.41) is 2.36. The van der Waals surface area contributed by atoms with Crippen molar-refractivity contribution in [1.82, 2.24) is 9.55 Å². The number of nitrogens with zero attached hydrogens (tertiary/aromatic N) is 4. The van der Waals surface area contributed by atoms with E-state index in [1.165, 1.54) is 50.0 Å². The van der Waals surface area contributed by atoms with Crippen molar-refractivity contribution in [1.29, 1.82) is 0 Å². The van der Waals surface area contributed by atoms with E-state index in [0.717, 1.165) is 39.7 Å². The number of hydrogen-bond donors (Lipinski definition) is 0. The SMILES string of the molecule is Cc1cccc(N2CN(c3cccc(Oc4ccc5c6ccccc6n(-c6cc(C(C)(C)C)ccn6)c5c4)c3)c3ccccc32)c1-c1ccc(C(C)(C)C)cc1. The fourth-order valence-corrected chi connectivity index (χ4v) is 8.15. The van der Waals surface area contributed by atoms with E-state index in [2.05, 4.69) is 202 Å². The van der Waals surface area contributed by atoms with Crippen LogP contribution in [0.3, 0.4) is 0 Å². The molecule has 0 saturated carbocycles. The highest BCUT2D eigenvalue weighted by atomic mass is 16.5. The van der Waals surface area contributed by atoms with Crippen LogP contribution in [-0.4, -0.2) is 16.2 Å². The van der Waals surface area contributed by atoms with Crippen molar-refractivity contribution < 1.29 is 4.74 Å². The van der Waals surface area contributed by atoms with Gasteiger partial charge in [-0.15, -0.1) is 0 Å². The monoisotopic (exact) mass is 732 g/mol. The molecule has 0 bridgehead atoms. The number of para-hydroxylation sites is 3. The number of aryl methyl sites for hydroxylation is 1. The molecule has 0 spiro atoms. The number of anilines is 4. The second-order valence-electron chi connectivity index (χ2n) is 17.1. The molecule has 0 N–H and O–H groups in total. The van der Waals surface area contributed by atoms with Crippen LogP contribution in [0.25, 0.3) is 38.8 Å². The zero-order valence-corrected chi connectivity index (χ0v) is 33.3. The lowest BCUT2D eigenvalue weighted by Gasteiger charge is -2.26. The summed E-state index contributed by atoms with van der Waals surface area (Å²) < 4.78 is 8.96. The van der Waals surface area contributed by atoms with Crippen LogP contribution in [0.4, 0.5) is 22.7 Å². The minimum Gasteiger partial charge on any atom is -0.457 e. The number of fused-ring (bicyclic) bond motifs is 4. The largest absolute Gasteiger partial charge is 0.457 e. The first-order chi connectivity index (χ1) is 26.9. The topological polar surface area (TPSA) is 33.5 Å². The standard InChI is InChI=1S/C51H48N4O/c1-34-14-12-21-46(49(34)35-22-24-36(25-23-35)50(2,3)4)54-33-53(44-19-10-11-20-45(44)54)38-15-13-16-39(31-38)56-40-26-27-42-41-17-8-9-18-43(41)55(47(42)32-40)48-30-37(28-29-52-48)51(5,6)7/h8-32H,33H2,1-7H3. The predicted octanol–water partition coefficient (Wildman–Crippen LogP) is 13.8. The van der Waals surface area contributed by atoms with E-state index >= 15 is 0 Å². The average Bonchev–Trinajstić information content (AvgIpc) is 3.73. The van der Waals surface area contributed by atoms with Gasteiger partial charge in [0.25, 0.3) is 0 Å². The zero-order valence-electron chi connectivity index (χ0n) is 33.3. The van der Waals surface area contributed by atoms with Crippen LogP contribution < -0.4 is 14.5 Å².